The summed E-state index contributed by atoms with van der Waals surface area (Å²) in [6.07, 6.45) is 0. The zero-order valence-corrected chi connectivity index (χ0v) is 17.7. The molecule has 5 nitrogen and oxygen atoms in total. The Kier molecular flexibility index (Phi) is 5.41. The molecule has 4 aromatic rings. The van der Waals surface area contributed by atoms with Crippen LogP contribution in [-0.4, -0.2) is 32.5 Å². The average Bonchev–Trinajstić information content (AvgIpc) is 3.12. The van der Waals surface area contributed by atoms with Crippen molar-refractivity contribution in [2.45, 2.75) is 19.3 Å². The van der Waals surface area contributed by atoms with Crippen LogP contribution in [0.5, 0.6) is 5.75 Å². The number of aliphatic hydroxyl groups is 1. The van der Waals surface area contributed by atoms with E-state index in [1.54, 1.807) is 13.8 Å². The van der Waals surface area contributed by atoms with Gasteiger partial charge in [0.2, 0.25) is 0 Å². The number of rotatable bonds is 5. The molecule has 0 bridgehead atoms. The molecule has 0 fully saturated rings. The number of nitrogens with zero attached hydrogens (tertiary/aromatic N) is 1. The van der Waals surface area contributed by atoms with E-state index in [4.69, 9.17) is 0 Å². The topological polar surface area (TPSA) is 82.7 Å². The molecule has 4 rings (SSSR count). The van der Waals surface area contributed by atoms with Crippen LogP contribution in [0.15, 0.2) is 54.6 Å². The predicted octanol–water partition coefficient (Wildman–Crippen LogP) is 5.39. The molecule has 170 valence electrons. The van der Waals surface area contributed by atoms with Crippen LogP contribution in [0.3, 0.4) is 0 Å². The summed E-state index contributed by atoms with van der Waals surface area (Å²) in [5.74, 6) is -4.43. The molecule has 0 atom stereocenters. The second kappa shape index (κ2) is 7.97. The molecule has 0 spiro atoms. The summed E-state index contributed by atoms with van der Waals surface area (Å²) in [4.78, 5) is 11.3. The fraction of sp³-hybridized carbons (Fsp3) is 0.160. The molecule has 0 radical (unpaired) electrons. The Hall–Kier alpha value is -3.78. The van der Waals surface area contributed by atoms with Gasteiger partial charge in [-0.05, 0) is 35.9 Å². The first-order valence-electron chi connectivity index (χ1n) is 10.0. The van der Waals surface area contributed by atoms with Crippen LogP contribution in [0.25, 0.3) is 27.7 Å². The van der Waals surface area contributed by atoms with E-state index in [9.17, 15) is 33.3 Å². The highest BCUT2D eigenvalue weighted by Gasteiger charge is 2.33. The fourth-order valence-electron chi connectivity index (χ4n) is 4.03. The van der Waals surface area contributed by atoms with Crippen LogP contribution < -0.4 is 0 Å². The number of aromatic nitrogens is 1. The van der Waals surface area contributed by atoms with Crippen molar-refractivity contribution in [3.63, 3.8) is 0 Å². The Bertz CT molecular complexity index is 1390. The third-order valence-electron chi connectivity index (χ3n) is 5.63. The molecule has 1 aromatic heterocycles. The third-order valence-corrected chi connectivity index (χ3v) is 5.63. The van der Waals surface area contributed by atoms with E-state index in [1.807, 2.05) is 0 Å². The van der Waals surface area contributed by atoms with Crippen molar-refractivity contribution in [1.29, 1.82) is 0 Å². The molecule has 0 saturated carbocycles. The number of aromatic hydroxyl groups is 1. The first-order valence-corrected chi connectivity index (χ1v) is 10.0. The zero-order chi connectivity index (χ0) is 24.1. The Morgan fingerprint density at radius 3 is 2.21 bits per heavy atom. The van der Waals surface area contributed by atoms with Crippen molar-refractivity contribution in [3.05, 3.63) is 83.3 Å². The monoisotopic (exact) mass is 455 g/mol. The van der Waals surface area contributed by atoms with Crippen molar-refractivity contribution >= 4 is 16.9 Å². The van der Waals surface area contributed by atoms with E-state index in [-0.39, 0.29) is 28.8 Å². The molecule has 0 aliphatic rings. The summed E-state index contributed by atoms with van der Waals surface area (Å²) < 4.78 is 43.7. The first-order chi connectivity index (χ1) is 15.5. The van der Waals surface area contributed by atoms with E-state index >= 15 is 0 Å². The van der Waals surface area contributed by atoms with Gasteiger partial charge in [-0.3, -0.25) is 0 Å². The summed E-state index contributed by atoms with van der Waals surface area (Å²) >= 11 is 0. The number of hydrogen-bond acceptors (Lipinski definition) is 3. The summed E-state index contributed by atoms with van der Waals surface area (Å²) in [6, 6.07) is 11.1. The number of carboxylic acids is 1. The number of phenolic OH excluding ortho intramolecular Hbond substituents is 1. The maximum absolute atomic E-state index is 14.4. The molecular weight excluding hydrogens is 435 g/mol. The van der Waals surface area contributed by atoms with Gasteiger partial charge in [0.15, 0.2) is 11.6 Å². The van der Waals surface area contributed by atoms with Gasteiger partial charge < -0.3 is 19.9 Å². The number of fused-ring (bicyclic) bond motifs is 1. The SMILES string of the molecule is CC(C)(CO)c1c(-c2ccc(C(=O)O)cc2)c2c(O)cc(F)cc2n1-c1ccc(F)c(F)c1. The van der Waals surface area contributed by atoms with Gasteiger partial charge in [-0.15, -0.1) is 0 Å². The van der Waals surface area contributed by atoms with Gasteiger partial charge in [-0.1, -0.05) is 26.0 Å². The lowest BCUT2D eigenvalue weighted by Gasteiger charge is -2.27. The van der Waals surface area contributed by atoms with Crippen LogP contribution in [0.1, 0.15) is 29.9 Å². The lowest BCUT2D eigenvalue weighted by atomic mass is 9.84. The standard InChI is InChI=1S/C25H20F3NO4/c1-25(2,12-30)23-21(13-3-5-14(6-4-13)24(32)33)22-19(9-15(26)10-20(22)31)29(23)16-7-8-17(27)18(28)11-16/h3-11,30-31H,12H2,1-2H3,(H,32,33). The highest BCUT2D eigenvalue weighted by atomic mass is 19.2. The van der Waals surface area contributed by atoms with Gasteiger partial charge >= 0.3 is 5.97 Å². The fourth-order valence-corrected chi connectivity index (χ4v) is 4.03. The molecule has 8 heteroatoms. The number of carbonyl (C=O) groups is 1. The number of aliphatic hydroxyl groups excluding tert-OH is 1. The van der Waals surface area contributed by atoms with Gasteiger partial charge in [-0.2, -0.15) is 0 Å². The largest absolute Gasteiger partial charge is 0.507 e. The van der Waals surface area contributed by atoms with Gasteiger partial charge in [0, 0.05) is 34.5 Å². The van der Waals surface area contributed by atoms with Crippen LogP contribution in [0, 0.1) is 17.5 Å². The highest BCUT2D eigenvalue weighted by Crippen LogP contribution is 2.46. The Morgan fingerprint density at radius 2 is 1.64 bits per heavy atom. The Labute approximate surface area is 187 Å². The van der Waals surface area contributed by atoms with Gasteiger partial charge in [-0.25, -0.2) is 18.0 Å². The normalized spacial score (nSPS) is 11.8. The lowest BCUT2D eigenvalue weighted by molar-refractivity contribution is 0.0697. The first kappa shape index (κ1) is 22.4. The van der Waals surface area contributed by atoms with E-state index in [1.165, 1.54) is 34.9 Å². The van der Waals surface area contributed by atoms with Gasteiger partial charge in [0.05, 0.1) is 23.1 Å². The molecule has 33 heavy (non-hydrogen) atoms. The lowest BCUT2D eigenvalue weighted by Crippen LogP contribution is -2.26. The molecular formula is C25H20F3NO4. The van der Waals surface area contributed by atoms with E-state index in [0.29, 0.717) is 16.8 Å². The molecule has 0 saturated heterocycles. The number of halogens is 3. The van der Waals surface area contributed by atoms with Crippen molar-refractivity contribution in [2.75, 3.05) is 6.61 Å². The summed E-state index contributed by atoms with van der Waals surface area (Å²) in [6.45, 7) is 3.05. The average molecular weight is 455 g/mol. The number of hydrogen-bond donors (Lipinski definition) is 3. The molecule has 0 aliphatic carbocycles. The second-order valence-corrected chi connectivity index (χ2v) is 8.40. The van der Waals surface area contributed by atoms with Gasteiger partial charge in [0.25, 0.3) is 0 Å². The molecule has 0 amide bonds. The molecule has 0 aliphatic heterocycles. The molecule has 0 unspecified atom stereocenters. The quantitative estimate of drug-likeness (QED) is 0.377. The smallest absolute Gasteiger partial charge is 0.335 e. The molecule has 3 N–H and O–H groups in total. The van der Waals surface area contributed by atoms with Crippen LogP contribution in [0.2, 0.25) is 0 Å². The zero-order valence-electron chi connectivity index (χ0n) is 17.7. The summed E-state index contributed by atoms with van der Waals surface area (Å²) in [7, 11) is 0. The van der Waals surface area contributed by atoms with E-state index in [0.717, 1.165) is 24.3 Å². The minimum absolute atomic E-state index is 0.0429. The maximum Gasteiger partial charge on any atom is 0.335 e. The molecule has 3 aromatic carbocycles. The number of benzene rings is 3. The predicted molar refractivity (Wildman–Crippen MR) is 117 cm³/mol. The van der Waals surface area contributed by atoms with Gasteiger partial charge in [0.1, 0.15) is 11.6 Å². The van der Waals surface area contributed by atoms with Crippen LogP contribution >= 0.6 is 0 Å². The van der Waals surface area contributed by atoms with Crippen molar-refractivity contribution in [3.8, 4) is 22.6 Å². The number of phenols is 1. The number of carboxylic acid groups (broad SMARTS) is 1. The van der Waals surface area contributed by atoms with E-state index < -0.39 is 34.6 Å². The maximum atomic E-state index is 14.4. The summed E-state index contributed by atoms with van der Waals surface area (Å²) in [5.41, 5.74) is 0.679. The summed E-state index contributed by atoms with van der Waals surface area (Å²) in [5, 5.41) is 30.4. The Balaban J connectivity index is 2.20. The minimum atomic E-state index is -1.12. The van der Waals surface area contributed by atoms with Crippen molar-refractivity contribution in [2.24, 2.45) is 0 Å². The molecule has 1 heterocycles. The van der Waals surface area contributed by atoms with Crippen LogP contribution in [0.4, 0.5) is 13.2 Å². The van der Waals surface area contributed by atoms with E-state index in [2.05, 4.69) is 0 Å². The van der Waals surface area contributed by atoms with Crippen LogP contribution in [-0.2, 0) is 5.41 Å². The number of aromatic carboxylic acids is 1. The Morgan fingerprint density at radius 1 is 0.970 bits per heavy atom. The van der Waals surface area contributed by atoms with Crippen molar-refractivity contribution in [1.82, 2.24) is 4.57 Å². The van der Waals surface area contributed by atoms with Crippen molar-refractivity contribution < 1.29 is 33.3 Å². The third kappa shape index (κ3) is 3.72. The highest BCUT2D eigenvalue weighted by molar-refractivity contribution is 6.04. The minimum Gasteiger partial charge on any atom is -0.507 e. The second-order valence-electron chi connectivity index (χ2n) is 8.40.